The summed E-state index contributed by atoms with van der Waals surface area (Å²) in [6, 6.07) is 6.35. The normalized spacial score (nSPS) is 11.3. The third-order valence-electron chi connectivity index (χ3n) is 3.10. The highest BCUT2D eigenvalue weighted by atomic mass is 14.9. The van der Waals surface area contributed by atoms with Gasteiger partial charge in [0, 0.05) is 5.69 Å². The molecule has 1 N–H and O–H groups in total. The largest absolute Gasteiger partial charge is 0.342 e. The predicted molar refractivity (Wildman–Crippen MR) is 72.9 cm³/mol. The van der Waals surface area contributed by atoms with Crippen LogP contribution in [0.4, 0.5) is 0 Å². The van der Waals surface area contributed by atoms with Crippen molar-refractivity contribution in [3.05, 3.63) is 52.1 Å². The maximum absolute atomic E-state index is 4.44. The van der Waals surface area contributed by atoms with E-state index in [0.29, 0.717) is 0 Å². The van der Waals surface area contributed by atoms with E-state index in [1.54, 1.807) is 0 Å². The summed E-state index contributed by atoms with van der Waals surface area (Å²) >= 11 is 0. The first-order chi connectivity index (χ1) is 8.08. The third kappa shape index (κ3) is 2.47. The number of imidazole rings is 1. The minimum Gasteiger partial charge on any atom is -0.342 e. The molecule has 1 aromatic heterocycles. The highest BCUT2D eigenvalue weighted by Crippen LogP contribution is 2.16. The van der Waals surface area contributed by atoms with E-state index in [1.165, 1.54) is 16.7 Å². The fourth-order valence-corrected chi connectivity index (χ4v) is 1.91. The topological polar surface area (TPSA) is 28.7 Å². The van der Waals surface area contributed by atoms with Gasteiger partial charge in [0.25, 0.3) is 0 Å². The van der Waals surface area contributed by atoms with E-state index in [2.05, 4.69) is 48.1 Å². The summed E-state index contributed by atoms with van der Waals surface area (Å²) in [5, 5.41) is 0. The Morgan fingerprint density at radius 3 is 2.18 bits per heavy atom. The second kappa shape index (κ2) is 4.58. The lowest BCUT2D eigenvalue weighted by molar-refractivity contribution is 1.22. The molecule has 2 heteroatoms. The Labute approximate surface area is 102 Å². The third-order valence-corrected chi connectivity index (χ3v) is 3.10. The SMILES string of the molecule is Cc1cccc(C)c1C=Cc1nc(C)c(C)[nH]1. The molecule has 0 unspecified atom stereocenters. The van der Waals surface area contributed by atoms with Gasteiger partial charge in [0.1, 0.15) is 5.82 Å². The van der Waals surface area contributed by atoms with Crippen molar-refractivity contribution in [3.63, 3.8) is 0 Å². The highest BCUT2D eigenvalue weighted by Gasteiger charge is 2.00. The number of hydrogen-bond donors (Lipinski definition) is 1. The number of hydrogen-bond acceptors (Lipinski definition) is 1. The first kappa shape index (κ1) is 11.6. The number of nitrogens with one attached hydrogen (secondary N) is 1. The molecule has 0 saturated carbocycles. The summed E-state index contributed by atoms with van der Waals surface area (Å²) in [6.07, 6.45) is 4.16. The summed E-state index contributed by atoms with van der Waals surface area (Å²) in [5.41, 5.74) is 6.05. The Kier molecular flexibility index (Phi) is 3.14. The van der Waals surface area contributed by atoms with Crippen molar-refractivity contribution in [1.29, 1.82) is 0 Å². The molecule has 0 fully saturated rings. The predicted octanol–water partition coefficient (Wildman–Crippen LogP) is 3.81. The number of benzene rings is 1. The molecular weight excluding hydrogens is 208 g/mol. The summed E-state index contributed by atoms with van der Waals surface area (Å²) in [4.78, 5) is 7.70. The molecule has 2 aromatic rings. The molecule has 1 aromatic carbocycles. The second-order valence-corrected chi connectivity index (χ2v) is 4.47. The van der Waals surface area contributed by atoms with Crippen LogP contribution < -0.4 is 0 Å². The number of rotatable bonds is 2. The Bertz CT molecular complexity index is 523. The Morgan fingerprint density at radius 2 is 1.65 bits per heavy atom. The molecule has 0 radical (unpaired) electrons. The molecule has 0 saturated heterocycles. The molecule has 0 aliphatic rings. The van der Waals surface area contributed by atoms with Gasteiger partial charge in [0.2, 0.25) is 0 Å². The Balaban J connectivity index is 2.32. The molecule has 0 atom stereocenters. The number of nitrogens with zero attached hydrogens (tertiary/aromatic N) is 1. The van der Waals surface area contributed by atoms with Gasteiger partial charge in [-0.05, 0) is 50.5 Å². The first-order valence-electron chi connectivity index (χ1n) is 5.85. The maximum atomic E-state index is 4.44. The average molecular weight is 226 g/mol. The summed E-state index contributed by atoms with van der Waals surface area (Å²) in [5.74, 6) is 0.919. The van der Waals surface area contributed by atoms with E-state index >= 15 is 0 Å². The van der Waals surface area contributed by atoms with Gasteiger partial charge in [-0.15, -0.1) is 0 Å². The standard InChI is InChI=1S/C15H18N2/c1-10-6-5-7-11(2)14(10)8-9-15-16-12(3)13(4)17-15/h5-9H,1-4H3,(H,16,17). The van der Waals surface area contributed by atoms with Gasteiger partial charge in [-0.2, -0.15) is 0 Å². The molecule has 2 rings (SSSR count). The summed E-state index contributed by atoms with van der Waals surface area (Å²) < 4.78 is 0. The molecule has 88 valence electrons. The van der Waals surface area contributed by atoms with Gasteiger partial charge >= 0.3 is 0 Å². The van der Waals surface area contributed by atoms with Crippen LogP contribution in [0.2, 0.25) is 0 Å². The average Bonchev–Trinajstić information content (AvgIpc) is 2.58. The molecule has 0 amide bonds. The summed E-state index contributed by atoms with van der Waals surface area (Å²) in [7, 11) is 0. The lowest BCUT2D eigenvalue weighted by atomic mass is 10.0. The van der Waals surface area contributed by atoms with Gasteiger partial charge < -0.3 is 4.98 Å². The molecule has 0 spiro atoms. The Morgan fingerprint density at radius 1 is 1.00 bits per heavy atom. The van der Waals surface area contributed by atoms with Crippen LogP contribution in [-0.4, -0.2) is 9.97 Å². The molecular formula is C15H18N2. The van der Waals surface area contributed by atoms with Crippen LogP contribution in [0.3, 0.4) is 0 Å². The minimum atomic E-state index is 0.919. The molecule has 17 heavy (non-hydrogen) atoms. The zero-order valence-electron chi connectivity index (χ0n) is 10.8. The van der Waals surface area contributed by atoms with Crippen LogP contribution >= 0.6 is 0 Å². The Hall–Kier alpha value is -1.83. The van der Waals surface area contributed by atoms with Crippen LogP contribution in [0.15, 0.2) is 18.2 Å². The van der Waals surface area contributed by atoms with Crippen molar-refractivity contribution < 1.29 is 0 Å². The van der Waals surface area contributed by atoms with Crippen molar-refractivity contribution in [3.8, 4) is 0 Å². The van der Waals surface area contributed by atoms with Crippen LogP contribution in [-0.2, 0) is 0 Å². The quantitative estimate of drug-likeness (QED) is 0.828. The maximum Gasteiger partial charge on any atom is 0.130 e. The van der Waals surface area contributed by atoms with Crippen molar-refractivity contribution in [1.82, 2.24) is 9.97 Å². The highest BCUT2D eigenvalue weighted by molar-refractivity contribution is 5.70. The monoisotopic (exact) mass is 226 g/mol. The van der Waals surface area contributed by atoms with Crippen molar-refractivity contribution >= 4 is 12.2 Å². The number of aromatic nitrogens is 2. The van der Waals surface area contributed by atoms with E-state index in [-0.39, 0.29) is 0 Å². The van der Waals surface area contributed by atoms with Crippen molar-refractivity contribution in [2.24, 2.45) is 0 Å². The lowest BCUT2D eigenvalue weighted by Crippen LogP contribution is -1.85. The van der Waals surface area contributed by atoms with Crippen LogP contribution in [0.5, 0.6) is 0 Å². The zero-order valence-corrected chi connectivity index (χ0v) is 10.8. The van der Waals surface area contributed by atoms with Gasteiger partial charge in [-0.25, -0.2) is 4.98 Å². The lowest BCUT2D eigenvalue weighted by Gasteiger charge is -2.03. The van der Waals surface area contributed by atoms with Gasteiger partial charge in [0.15, 0.2) is 0 Å². The van der Waals surface area contributed by atoms with Gasteiger partial charge in [-0.1, -0.05) is 24.3 Å². The summed E-state index contributed by atoms with van der Waals surface area (Å²) in [6.45, 7) is 8.32. The number of H-pyrrole nitrogens is 1. The van der Waals surface area contributed by atoms with E-state index in [9.17, 15) is 0 Å². The van der Waals surface area contributed by atoms with E-state index in [4.69, 9.17) is 0 Å². The minimum absolute atomic E-state index is 0.919. The first-order valence-corrected chi connectivity index (χ1v) is 5.85. The van der Waals surface area contributed by atoms with Crippen molar-refractivity contribution in [2.45, 2.75) is 27.7 Å². The van der Waals surface area contributed by atoms with Crippen LogP contribution in [0.1, 0.15) is 33.9 Å². The van der Waals surface area contributed by atoms with E-state index < -0.39 is 0 Å². The molecule has 1 heterocycles. The van der Waals surface area contributed by atoms with E-state index in [0.717, 1.165) is 17.2 Å². The van der Waals surface area contributed by atoms with Gasteiger partial charge in [-0.3, -0.25) is 0 Å². The fourth-order valence-electron chi connectivity index (χ4n) is 1.91. The van der Waals surface area contributed by atoms with E-state index in [1.807, 2.05) is 19.9 Å². The fraction of sp³-hybridized carbons (Fsp3) is 0.267. The molecule has 0 aliphatic heterocycles. The number of aromatic amines is 1. The zero-order chi connectivity index (χ0) is 12.4. The second-order valence-electron chi connectivity index (χ2n) is 4.47. The molecule has 0 bridgehead atoms. The molecule has 0 aliphatic carbocycles. The van der Waals surface area contributed by atoms with Crippen molar-refractivity contribution in [2.75, 3.05) is 0 Å². The van der Waals surface area contributed by atoms with Gasteiger partial charge in [0.05, 0.1) is 5.69 Å². The smallest absolute Gasteiger partial charge is 0.130 e. The van der Waals surface area contributed by atoms with Crippen LogP contribution in [0, 0.1) is 27.7 Å². The van der Waals surface area contributed by atoms with Crippen LogP contribution in [0.25, 0.3) is 12.2 Å². The number of aryl methyl sites for hydroxylation is 4. The molecule has 2 nitrogen and oxygen atoms in total.